The van der Waals surface area contributed by atoms with E-state index < -0.39 is 0 Å². The van der Waals surface area contributed by atoms with Crippen LogP contribution in [0.15, 0.2) is 18.3 Å². The summed E-state index contributed by atoms with van der Waals surface area (Å²) in [5.74, 6) is 1.02. The van der Waals surface area contributed by atoms with E-state index in [1.807, 2.05) is 18.3 Å². The van der Waals surface area contributed by atoms with Crippen LogP contribution in [-0.2, 0) is 6.54 Å². The highest BCUT2D eigenvalue weighted by Gasteiger charge is 2.14. The number of urea groups is 1. The second kappa shape index (κ2) is 8.72. The van der Waals surface area contributed by atoms with E-state index in [-0.39, 0.29) is 18.7 Å². The van der Waals surface area contributed by atoms with E-state index in [1.165, 1.54) is 30.6 Å². The standard InChI is InChI=1S/C17H28N4O2/c1-14(13-22)20(2)17(23)19-12-15-7-8-16(18-11-15)21-9-5-3-4-6-10-21/h7-8,11,14,22H,3-6,9-10,12-13H2,1-2H3,(H,19,23). The molecule has 6 heteroatoms. The van der Waals surface area contributed by atoms with Gasteiger partial charge in [0.2, 0.25) is 0 Å². The first-order valence-corrected chi connectivity index (χ1v) is 8.43. The normalized spacial score (nSPS) is 16.6. The van der Waals surface area contributed by atoms with Crippen molar-refractivity contribution in [1.82, 2.24) is 15.2 Å². The quantitative estimate of drug-likeness (QED) is 0.870. The van der Waals surface area contributed by atoms with Gasteiger partial charge in [0.1, 0.15) is 5.82 Å². The van der Waals surface area contributed by atoms with Crippen molar-refractivity contribution in [3.63, 3.8) is 0 Å². The van der Waals surface area contributed by atoms with Crippen molar-refractivity contribution >= 4 is 11.8 Å². The molecule has 128 valence electrons. The molecule has 1 atom stereocenters. The Balaban J connectivity index is 1.86. The van der Waals surface area contributed by atoms with Crippen LogP contribution in [0.2, 0.25) is 0 Å². The fourth-order valence-corrected chi connectivity index (χ4v) is 2.63. The zero-order chi connectivity index (χ0) is 16.7. The summed E-state index contributed by atoms with van der Waals surface area (Å²) >= 11 is 0. The van der Waals surface area contributed by atoms with Crippen molar-refractivity contribution in [3.05, 3.63) is 23.9 Å². The van der Waals surface area contributed by atoms with Gasteiger partial charge in [-0.1, -0.05) is 18.9 Å². The number of rotatable bonds is 5. The molecule has 2 heterocycles. The number of hydrogen-bond acceptors (Lipinski definition) is 4. The maximum Gasteiger partial charge on any atom is 0.317 e. The number of pyridine rings is 1. The minimum absolute atomic E-state index is 0.0456. The molecule has 6 nitrogen and oxygen atoms in total. The fourth-order valence-electron chi connectivity index (χ4n) is 2.63. The van der Waals surface area contributed by atoms with Crippen LogP contribution in [0, 0.1) is 0 Å². The number of amides is 2. The third-order valence-electron chi connectivity index (χ3n) is 4.43. The highest BCUT2D eigenvalue weighted by molar-refractivity contribution is 5.74. The Morgan fingerprint density at radius 1 is 1.35 bits per heavy atom. The molecule has 0 bridgehead atoms. The Morgan fingerprint density at radius 2 is 2.04 bits per heavy atom. The second-order valence-electron chi connectivity index (χ2n) is 6.23. The van der Waals surface area contributed by atoms with Crippen LogP contribution >= 0.6 is 0 Å². The minimum atomic E-state index is -0.196. The molecule has 0 aliphatic carbocycles. The first kappa shape index (κ1) is 17.5. The van der Waals surface area contributed by atoms with Gasteiger partial charge < -0.3 is 20.2 Å². The van der Waals surface area contributed by atoms with Crippen LogP contribution < -0.4 is 10.2 Å². The van der Waals surface area contributed by atoms with Crippen LogP contribution in [0.4, 0.5) is 10.6 Å². The van der Waals surface area contributed by atoms with Gasteiger partial charge in [-0.05, 0) is 31.4 Å². The molecular weight excluding hydrogens is 292 g/mol. The van der Waals surface area contributed by atoms with Gasteiger partial charge in [0.05, 0.1) is 12.6 Å². The van der Waals surface area contributed by atoms with E-state index in [0.29, 0.717) is 6.54 Å². The number of hydrogen-bond donors (Lipinski definition) is 2. The Morgan fingerprint density at radius 3 is 2.61 bits per heavy atom. The van der Waals surface area contributed by atoms with Gasteiger partial charge >= 0.3 is 6.03 Å². The molecule has 1 aromatic rings. The van der Waals surface area contributed by atoms with Gasteiger partial charge in [0.25, 0.3) is 0 Å². The zero-order valence-electron chi connectivity index (χ0n) is 14.2. The van der Waals surface area contributed by atoms with Crippen molar-refractivity contribution in [3.8, 4) is 0 Å². The molecule has 0 saturated carbocycles. The van der Waals surface area contributed by atoms with Gasteiger partial charge in [-0.2, -0.15) is 0 Å². The molecule has 1 aliphatic rings. The van der Waals surface area contributed by atoms with Gasteiger partial charge in [0, 0.05) is 32.9 Å². The summed E-state index contributed by atoms with van der Waals surface area (Å²) in [6.07, 6.45) is 6.90. The molecule has 1 saturated heterocycles. The Hall–Kier alpha value is -1.82. The highest BCUT2D eigenvalue weighted by atomic mass is 16.3. The number of aliphatic hydroxyl groups is 1. The van der Waals surface area contributed by atoms with E-state index in [9.17, 15) is 4.79 Å². The second-order valence-corrected chi connectivity index (χ2v) is 6.23. The molecule has 1 unspecified atom stereocenters. The molecule has 23 heavy (non-hydrogen) atoms. The van der Waals surface area contributed by atoms with Crippen molar-refractivity contribution in [1.29, 1.82) is 0 Å². The van der Waals surface area contributed by atoms with Gasteiger partial charge in [-0.15, -0.1) is 0 Å². The lowest BCUT2D eigenvalue weighted by atomic mass is 10.2. The largest absolute Gasteiger partial charge is 0.394 e. The van der Waals surface area contributed by atoms with Crippen LogP contribution in [0.5, 0.6) is 0 Å². The molecule has 0 aromatic carbocycles. The minimum Gasteiger partial charge on any atom is -0.394 e. The Bertz CT molecular complexity index is 484. The summed E-state index contributed by atoms with van der Waals surface area (Å²) in [4.78, 5) is 20.3. The van der Waals surface area contributed by atoms with Crippen LogP contribution in [0.1, 0.15) is 38.2 Å². The summed E-state index contributed by atoms with van der Waals surface area (Å²) < 4.78 is 0. The molecule has 1 fully saturated rings. The van der Waals surface area contributed by atoms with E-state index in [4.69, 9.17) is 5.11 Å². The number of carbonyl (C=O) groups is 1. The van der Waals surface area contributed by atoms with Crippen molar-refractivity contribution in [2.75, 3.05) is 31.6 Å². The molecule has 2 amide bonds. The molecule has 0 spiro atoms. The topological polar surface area (TPSA) is 68.7 Å². The first-order valence-electron chi connectivity index (χ1n) is 8.43. The lowest BCUT2D eigenvalue weighted by molar-refractivity contribution is 0.157. The smallest absolute Gasteiger partial charge is 0.317 e. The van der Waals surface area contributed by atoms with Crippen molar-refractivity contribution in [2.45, 2.75) is 45.2 Å². The number of carbonyl (C=O) groups excluding carboxylic acids is 1. The maximum absolute atomic E-state index is 11.9. The number of aliphatic hydroxyl groups excluding tert-OH is 1. The van der Waals surface area contributed by atoms with E-state index >= 15 is 0 Å². The molecular formula is C17H28N4O2. The highest BCUT2D eigenvalue weighted by Crippen LogP contribution is 2.17. The number of anilines is 1. The van der Waals surface area contributed by atoms with Crippen LogP contribution in [0.3, 0.4) is 0 Å². The molecule has 0 radical (unpaired) electrons. The molecule has 2 rings (SSSR count). The Kier molecular flexibility index (Phi) is 6.65. The van der Waals surface area contributed by atoms with Crippen LogP contribution in [-0.4, -0.2) is 53.8 Å². The van der Waals surface area contributed by atoms with E-state index in [1.54, 1.807) is 14.0 Å². The fraction of sp³-hybridized carbons (Fsp3) is 0.647. The maximum atomic E-state index is 11.9. The average molecular weight is 320 g/mol. The lowest BCUT2D eigenvalue weighted by Gasteiger charge is -2.23. The first-order chi connectivity index (χ1) is 11.1. The van der Waals surface area contributed by atoms with Crippen molar-refractivity contribution < 1.29 is 9.90 Å². The van der Waals surface area contributed by atoms with Gasteiger partial charge in [0.15, 0.2) is 0 Å². The lowest BCUT2D eigenvalue weighted by Crippen LogP contribution is -2.43. The van der Waals surface area contributed by atoms with Gasteiger partial charge in [-0.3, -0.25) is 0 Å². The van der Waals surface area contributed by atoms with E-state index in [2.05, 4.69) is 15.2 Å². The zero-order valence-corrected chi connectivity index (χ0v) is 14.2. The summed E-state index contributed by atoms with van der Waals surface area (Å²) in [6.45, 7) is 4.35. The third-order valence-corrected chi connectivity index (χ3v) is 4.43. The summed E-state index contributed by atoms with van der Waals surface area (Å²) in [7, 11) is 1.68. The number of likely N-dealkylation sites (N-methyl/N-ethyl adjacent to an activating group) is 1. The molecule has 1 aliphatic heterocycles. The molecule has 1 aromatic heterocycles. The summed E-state index contributed by atoms with van der Waals surface area (Å²) in [5.41, 5.74) is 0.974. The summed E-state index contributed by atoms with van der Waals surface area (Å²) in [5, 5.41) is 11.9. The monoisotopic (exact) mass is 320 g/mol. The predicted molar refractivity (Wildman–Crippen MR) is 91.5 cm³/mol. The summed E-state index contributed by atoms with van der Waals surface area (Å²) in [6, 6.07) is 3.66. The number of aromatic nitrogens is 1. The third kappa shape index (κ3) is 5.10. The van der Waals surface area contributed by atoms with Crippen LogP contribution in [0.25, 0.3) is 0 Å². The van der Waals surface area contributed by atoms with Gasteiger partial charge in [-0.25, -0.2) is 9.78 Å². The number of nitrogens with one attached hydrogen (secondary N) is 1. The molecule has 2 N–H and O–H groups in total. The SMILES string of the molecule is CC(CO)N(C)C(=O)NCc1ccc(N2CCCCCC2)nc1. The van der Waals surface area contributed by atoms with E-state index in [0.717, 1.165) is 24.5 Å². The number of nitrogens with zero attached hydrogens (tertiary/aromatic N) is 3. The van der Waals surface area contributed by atoms with Crippen molar-refractivity contribution in [2.24, 2.45) is 0 Å². The average Bonchev–Trinajstić information content (AvgIpc) is 2.88. The Labute approximate surface area is 138 Å². The predicted octanol–water partition coefficient (Wildman–Crippen LogP) is 1.98.